The van der Waals surface area contributed by atoms with Crippen LogP contribution < -0.4 is 19.6 Å². The van der Waals surface area contributed by atoms with E-state index in [2.05, 4.69) is 20.7 Å². The van der Waals surface area contributed by atoms with E-state index in [0.29, 0.717) is 16.5 Å². The number of carbonyl (C=O) groups excluding carboxylic acids is 1. The number of amides is 1. The Labute approximate surface area is 224 Å². The smallest absolute Gasteiger partial charge is 0.250 e. The van der Waals surface area contributed by atoms with Crippen LogP contribution in [0.1, 0.15) is 11.1 Å². The van der Waals surface area contributed by atoms with Gasteiger partial charge < -0.3 is 19.3 Å². The van der Waals surface area contributed by atoms with Gasteiger partial charge in [-0.2, -0.15) is 5.10 Å². The summed E-state index contributed by atoms with van der Waals surface area (Å²) in [5.74, 6) is 1.47. The molecule has 0 aliphatic rings. The third-order valence-electron chi connectivity index (χ3n) is 5.51. The number of carbonyl (C=O) groups is 1. The number of rotatable bonds is 10. The summed E-state index contributed by atoms with van der Waals surface area (Å²) in [6.45, 7) is 2.02. The van der Waals surface area contributed by atoms with Crippen molar-refractivity contribution in [1.29, 1.82) is 0 Å². The summed E-state index contributed by atoms with van der Waals surface area (Å²) in [7, 11) is 4.48. The molecule has 11 heteroatoms. The highest BCUT2D eigenvalue weighted by Gasteiger charge is 2.17. The lowest BCUT2D eigenvalue weighted by Gasteiger charge is -2.11. The molecule has 0 atom stereocenters. The molecule has 38 heavy (non-hydrogen) atoms. The van der Waals surface area contributed by atoms with Crippen LogP contribution in [0.5, 0.6) is 23.0 Å². The van der Waals surface area contributed by atoms with Gasteiger partial charge in [-0.05, 0) is 43.3 Å². The molecule has 0 radical (unpaired) electrons. The number of hydrogen-bond acceptors (Lipinski definition) is 9. The molecule has 2 N–H and O–H groups in total. The largest absolute Gasteiger partial charge is 0.502 e. The number of thioether (sulfide) groups is 1. The van der Waals surface area contributed by atoms with Crippen molar-refractivity contribution >= 4 is 23.9 Å². The monoisotopic (exact) mass is 533 g/mol. The summed E-state index contributed by atoms with van der Waals surface area (Å²) in [4.78, 5) is 12.5. The molecule has 3 aromatic carbocycles. The molecule has 1 heterocycles. The number of hydrogen-bond donors (Lipinski definition) is 2. The zero-order chi connectivity index (χ0) is 27.1. The van der Waals surface area contributed by atoms with Crippen molar-refractivity contribution in [3.8, 4) is 40.1 Å². The molecule has 4 rings (SSSR count). The first kappa shape index (κ1) is 26.6. The van der Waals surface area contributed by atoms with Gasteiger partial charge in [0.15, 0.2) is 22.5 Å². The maximum Gasteiger partial charge on any atom is 0.250 e. The molecule has 0 fully saturated rings. The first-order valence-corrected chi connectivity index (χ1v) is 12.5. The Morgan fingerprint density at radius 2 is 1.66 bits per heavy atom. The predicted molar refractivity (Wildman–Crippen MR) is 146 cm³/mol. The lowest BCUT2D eigenvalue weighted by molar-refractivity contribution is -0.118. The minimum atomic E-state index is -0.329. The molecule has 0 saturated carbocycles. The van der Waals surface area contributed by atoms with E-state index in [4.69, 9.17) is 14.2 Å². The number of phenolic OH excluding ortho intramolecular Hbond substituents is 1. The standard InChI is InChI=1S/C27H27N5O5S/c1-17-5-7-19(8-6-17)26-30-31-27(32(26)20-9-11-21(35-2)12-10-20)38-16-24(33)29-28-15-18-13-22(36-3)25(34)23(14-18)37-4/h5-15,34H,16H2,1-4H3,(H,29,33). The maximum atomic E-state index is 12.5. The predicted octanol–water partition coefficient (Wildman–Crippen LogP) is 4.22. The van der Waals surface area contributed by atoms with Gasteiger partial charge in [0, 0.05) is 16.8 Å². The van der Waals surface area contributed by atoms with Crippen molar-refractivity contribution in [2.75, 3.05) is 27.1 Å². The number of methoxy groups -OCH3 is 3. The van der Waals surface area contributed by atoms with E-state index in [0.717, 1.165) is 22.6 Å². The third kappa shape index (κ3) is 6.06. The van der Waals surface area contributed by atoms with Gasteiger partial charge in [0.25, 0.3) is 5.91 Å². The zero-order valence-electron chi connectivity index (χ0n) is 21.3. The van der Waals surface area contributed by atoms with Crippen LogP contribution in [0, 0.1) is 6.92 Å². The number of aromatic hydroxyl groups is 1. The van der Waals surface area contributed by atoms with E-state index in [1.54, 1.807) is 19.2 Å². The van der Waals surface area contributed by atoms with Gasteiger partial charge in [0.1, 0.15) is 5.75 Å². The summed E-state index contributed by atoms with van der Waals surface area (Å²) < 4.78 is 17.5. The van der Waals surface area contributed by atoms with Crippen molar-refractivity contribution in [2.45, 2.75) is 12.1 Å². The van der Waals surface area contributed by atoms with Crippen LogP contribution in [0.3, 0.4) is 0 Å². The molecule has 1 aromatic heterocycles. The fraction of sp³-hybridized carbons (Fsp3) is 0.185. The normalized spacial score (nSPS) is 10.9. The Kier molecular flexibility index (Phi) is 8.49. The minimum Gasteiger partial charge on any atom is -0.502 e. The summed E-state index contributed by atoms with van der Waals surface area (Å²) in [6, 6.07) is 18.7. The second-order valence-electron chi connectivity index (χ2n) is 8.06. The fourth-order valence-electron chi connectivity index (χ4n) is 3.55. The minimum absolute atomic E-state index is 0.0573. The van der Waals surface area contributed by atoms with Gasteiger partial charge in [-0.3, -0.25) is 9.36 Å². The number of benzene rings is 3. The number of nitrogens with one attached hydrogen (secondary N) is 1. The van der Waals surface area contributed by atoms with Gasteiger partial charge in [0.05, 0.1) is 33.3 Å². The Morgan fingerprint density at radius 3 is 2.26 bits per heavy atom. The topological polar surface area (TPSA) is 120 Å². The summed E-state index contributed by atoms with van der Waals surface area (Å²) >= 11 is 1.24. The molecule has 1 amide bonds. The molecule has 0 unspecified atom stereocenters. The molecule has 0 saturated heterocycles. The molecular formula is C27H27N5O5S. The van der Waals surface area contributed by atoms with Gasteiger partial charge >= 0.3 is 0 Å². The highest BCUT2D eigenvalue weighted by Crippen LogP contribution is 2.36. The Hall–Kier alpha value is -4.51. The Bertz CT molecular complexity index is 1410. The van der Waals surface area contributed by atoms with Crippen LogP contribution in [-0.2, 0) is 4.79 Å². The van der Waals surface area contributed by atoms with Crippen LogP contribution in [0.25, 0.3) is 17.1 Å². The van der Waals surface area contributed by atoms with Crippen LogP contribution in [0.2, 0.25) is 0 Å². The summed E-state index contributed by atoms with van der Waals surface area (Å²) in [5, 5.41) is 23.4. The molecule has 10 nitrogen and oxygen atoms in total. The second-order valence-corrected chi connectivity index (χ2v) is 9.00. The molecule has 0 aliphatic carbocycles. The molecule has 0 bridgehead atoms. The number of nitrogens with zero attached hydrogens (tertiary/aromatic N) is 4. The van der Waals surface area contributed by atoms with Crippen molar-refractivity contribution in [2.24, 2.45) is 5.10 Å². The van der Waals surface area contributed by atoms with E-state index >= 15 is 0 Å². The van der Waals surface area contributed by atoms with E-state index in [-0.39, 0.29) is 28.9 Å². The highest BCUT2D eigenvalue weighted by atomic mass is 32.2. The first-order chi connectivity index (χ1) is 18.4. The first-order valence-electron chi connectivity index (χ1n) is 11.5. The molecular weight excluding hydrogens is 506 g/mol. The van der Waals surface area contributed by atoms with E-state index < -0.39 is 0 Å². The van der Waals surface area contributed by atoms with Gasteiger partial charge in [0.2, 0.25) is 5.75 Å². The zero-order valence-corrected chi connectivity index (χ0v) is 22.2. The highest BCUT2D eigenvalue weighted by molar-refractivity contribution is 7.99. The number of aromatic nitrogens is 3. The molecule has 196 valence electrons. The van der Waals surface area contributed by atoms with Crippen molar-refractivity contribution in [3.05, 3.63) is 71.8 Å². The van der Waals surface area contributed by atoms with E-state index in [9.17, 15) is 9.90 Å². The average Bonchev–Trinajstić information content (AvgIpc) is 3.37. The quantitative estimate of drug-likeness (QED) is 0.177. The van der Waals surface area contributed by atoms with Crippen LogP contribution in [0.15, 0.2) is 70.9 Å². The van der Waals surface area contributed by atoms with Gasteiger partial charge in [-0.25, -0.2) is 5.43 Å². The van der Waals surface area contributed by atoms with Crippen LogP contribution in [0.4, 0.5) is 0 Å². The van der Waals surface area contributed by atoms with E-state index in [1.807, 2.05) is 60.0 Å². The number of ether oxygens (including phenoxy) is 3. The van der Waals surface area contributed by atoms with Crippen molar-refractivity contribution in [3.63, 3.8) is 0 Å². The van der Waals surface area contributed by atoms with Gasteiger partial charge in [-0.15, -0.1) is 10.2 Å². The lowest BCUT2D eigenvalue weighted by atomic mass is 10.1. The van der Waals surface area contributed by atoms with Crippen LogP contribution in [-0.4, -0.2) is 59.1 Å². The molecule has 0 aliphatic heterocycles. The van der Waals surface area contributed by atoms with Crippen LogP contribution >= 0.6 is 11.8 Å². The number of phenols is 1. The maximum absolute atomic E-state index is 12.5. The number of aryl methyl sites for hydroxylation is 1. The third-order valence-corrected chi connectivity index (χ3v) is 6.44. The Morgan fingerprint density at radius 1 is 1.00 bits per heavy atom. The summed E-state index contributed by atoms with van der Waals surface area (Å²) in [6.07, 6.45) is 1.43. The van der Waals surface area contributed by atoms with Crippen molar-refractivity contribution in [1.82, 2.24) is 20.2 Å². The fourth-order valence-corrected chi connectivity index (χ4v) is 4.29. The average molecular weight is 534 g/mol. The van der Waals surface area contributed by atoms with Crippen molar-refractivity contribution < 1.29 is 24.1 Å². The Balaban J connectivity index is 1.50. The van der Waals surface area contributed by atoms with Gasteiger partial charge in [-0.1, -0.05) is 41.6 Å². The summed E-state index contributed by atoms with van der Waals surface area (Å²) in [5.41, 5.74) is 5.95. The van der Waals surface area contributed by atoms with E-state index in [1.165, 1.54) is 32.2 Å². The second kappa shape index (κ2) is 12.2. The lowest BCUT2D eigenvalue weighted by Crippen LogP contribution is -2.20. The SMILES string of the molecule is COc1ccc(-n2c(SCC(=O)NN=Cc3cc(OC)c(O)c(OC)c3)nnc2-c2ccc(C)cc2)cc1. The molecule has 4 aromatic rings. The molecule has 0 spiro atoms. The number of hydrazone groups is 1.